The minimum atomic E-state index is -0.418. The minimum absolute atomic E-state index is 0.0169. The van der Waals surface area contributed by atoms with Crippen molar-refractivity contribution in [2.24, 2.45) is 0 Å². The summed E-state index contributed by atoms with van der Waals surface area (Å²) in [7, 11) is 1.29. The number of hydrogen-bond acceptors (Lipinski definition) is 4. The summed E-state index contributed by atoms with van der Waals surface area (Å²) in [5.74, 6) is -0.759. The highest BCUT2D eigenvalue weighted by Crippen LogP contribution is 2.17. The molecule has 0 saturated heterocycles. The summed E-state index contributed by atoms with van der Waals surface area (Å²) < 4.78 is 18.9. The number of hydrogen-bond donors (Lipinski definition) is 1. The fourth-order valence-corrected chi connectivity index (χ4v) is 1.92. The molecule has 0 saturated carbocycles. The molecule has 1 N–H and O–H groups in total. The van der Waals surface area contributed by atoms with Gasteiger partial charge in [-0.05, 0) is 18.2 Å². The van der Waals surface area contributed by atoms with Crippen LogP contribution < -0.4 is 0 Å². The van der Waals surface area contributed by atoms with Gasteiger partial charge in [0.1, 0.15) is 5.82 Å². The summed E-state index contributed by atoms with van der Waals surface area (Å²) in [4.78, 5) is 12.8. The fraction of sp³-hybridized carbons (Fsp3) is 0.417. The molecule has 1 aromatic carbocycles. The summed E-state index contributed by atoms with van der Waals surface area (Å²) in [5, 5.41) is 8.93. The smallest absolute Gasteiger partial charge is 0.319 e. The lowest BCUT2D eigenvalue weighted by atomic mass is 10.2. The van der Waals surface area contributed by atoms with E-state index in [0.717, 1.165) is 4.47 Å². The number of esters is 1. The molecule has 0 unspecified atom stereocenters. The number of aliphatic hydroxyl groups excluding tert-OH is 1. The number of aliphatic hydroxyl groups is 1. The van der Waals surface area contributed by atoms with Crippen LogP contribution in [0.2, 0.25) is 0 Å². The van der Waals surface area contributed by atoms with Gasteiger partial charge >= 0.3 is 5.97 Å². The zero-order chi connectivity index (χ0) is 13.5. The van der Waals surface area contributed by atoms with Crippen LogP contribution in [0.1, 0.15) is 5.56 Å². The maximum atomic E-state index is 13.6. The van der Waals surface area contributed by atoms with E-state index in [0.29, 0.717) is 5.56 Å². The van der Waals surface area contributed by atoms with E-state index in [-0.39, 0.29) is 32.1 Å². The third kappa shape index (κ3) is 4.72. The number of carbonyl (C=O) groups is 1. The molecule has 0 amide bonds. The average Bonchev–Trinajstić information content (AvgIpc) is 2.34. The molecule has 1 rings (SSSR count). The molecule has 0 spiro atoms. The third-order valence-electron chi connectivity index (χ3n) is 2.40. The van der Waals surface area contributed by atoms with Crippen molar-refractivity contribution < 1.29 is 19.0 Å². The van der Waals surface area contributed by atoms with Crippen LogP contribution in [0.15, 0.2) is 22.7 Å². The van der Waals surface area contributed by atoms with Crippen molar-refractivity contribution in [2.45, 2.75) is 6.54 Å². The lowest BCUT2D eigenvalue weighted by molar-refractivity contribution is -0.142. The maximum absolute atomic E-state index is 13.6. The molecule has 0 radical (unpaired) electrons. The molecular weight excluding hydrogens is 305 g/mol. The highest BCUT2D eigenvalue weighted by molar-refractivity contribution is 9.10. The van der Waals surface area contributed by atoms with E-state index in [1.54, 1.807) is 17.0 Å². The van der Waals surface area contributed by atoms with E-state index in [1.807, 2.05) is 0 Å². The predicted molar refractivity (Wildman–Crippen MR) is 68.5 cm³/mol. The first-order chi connectivity index (χ1) is 8.56. The largest absolute Gasteiger partial charge is 0.468 e. The van der Waals surface area contributed by atoms with Crippen LogP contribution in [0.5, 0.6) is 0 Å². The number of rotatable bonds is 6. The highest BCUT2D eigenvalue weighted by Gasteiger charge is 2.13. The van der Waals surface area contributed by atoms with Crippen molar-refractivity contribution in [1.82, 2.24) is 4.90 Å². The summed E-state index contributed by atoms with van der Waals surface area (Å²) in [6.07, 6.45) is 0. The molecule has 0 fully saturated rings. The Balaban J connectivity index is 2.75. The molecule has 0 aliphatic carbocycles. The lowest BCUT2D eigenvalue weighted by Gasteiger charge is -2.20. The third-order valence-corrected chi connectivity index (χ3v) is 2.89. The van der Waals surface area contributed by atoms with Gasteiger partial charge in [0.25, 0.3) is 0 Å². The van der Waals surface area contributed by atoms with Gasteiger partial charge in [0.15, 0.2) is 0 Å². The SMILES string of the molecule is COC(=O)CN(CCO)Cc1cc(Br)ccc1F. The van der Waals surface area contributed by atoms with Crippen molar-refractivity contribution in [3.05, 3.63) is 34.1 Å². The first-order valence-electron chi connectivity index (χ1n) is 5.40. The van der Waals surface area contributed by atoms with Gasteiger partial charge in [0, 0.05) is 23.1 Å². The summed E-state index contributed by atoms with van der Waals surface area (Å²) in [6, 6.07) is 4.61. The van der Waals surface area contributed by atoms with Crippen LogP contribution in [-0.2, 0) is 16.1 Å². The van der Waals surface area contributed by atoms with Gasteiger partial charge in [0.05, 0.1) is 20.3 Å². The van der Waals surface area contributed by atoms with Crippen LogP contribution in [0.3, 0.4) is 0 Å². The highest BCUT2D eigenvalue weighted by atomic mass is 79.9. The fourth-order valence-electron chi connectivity index (χ4n) is 1.51. The Kier molecular flexibility index (Phi) is 6.24. The van der Waals surface area contributed by atoms with E-state index in [1.165, 1.54) is 13.2 Å². The summed E-state index contributed by atoms with van der Waals surface area (Å²) in [6.45, 7) is 0.428. The van der Waals surface area contributed by atoms with Gasteiger partial charge in [-0.2, -0.15) is 0 Å². The van der Waals surface area contributed by atoms with Crippen LogP contribution in [-0.4, -0.2) is 42.8 Å². The molecule has 100 valence electrons. The molecular formula is C12H15BrFNO3. The van der Waals surface area contributed by atoms with E-state index >= 15 is 0 Å². The van der Waals surface area contributed by atoms with Gasteiger partial charge in [-0.15, -0.1) is 0 Å². The molecule has 6 heteroatoms. The average molecular weight is 320 g/mol. The second-order valence-corrected chi connectivity index (χ2v) is 4.66. The van der Waals surface area contributed by atoms with Crippen molar-refractivity contribution in [1.29, 1.82) is 0 Å². The van der Waals surface area contributed by atoms with Crippen LogP contribution in [0.4, 0.5) is 4.39 Å². The summed E-state index contributed by atoms with van der Waals surface area (Å²) >= 11 is 3.26. The second-order valence-electron chi connectivity index (χ2n) is 3.75. The second kappa shape index (κ2) is 7.45. The van der Waals surface area contributed by atoms with E-state index in [4.69, 9.17) is 5.11 Å². The lowest BCUT2D eigenvalue weighted by Crippen LogP contribution is -2.32. The molecule has 0 bridgehead atoms. The number of carbonyl (C=O) groups excluding carboxylic acids is 1. The van der Waals surface area contributed by atoms with E-state index in [2.05, 4.69) is 20.7 Å². The van der Waals surface area contributed by atoms with Gasteiger partial charge in [-0.1, -0.05) is 15.9 Å². The standard InChI is InChI=1S/C12H15BrFNO3/c1-18-12(17)8-15(4-5-16)7-9-6-10(13)2-3-11(9)14/h2-3,6,16H,4-5,7-8H2,1H3. The molecule has 0 aromatic heterocycles. The normalized spacial score (nSPS) is 10.7. The summed E-state index contributed by atoms with van der Waals surface area (Å²) in [5.41, 5.74) is 0.460. The van der Waals surface area contributed by atoms with E-state index < -0.39 is 5.97 Å². The Hall–Kier alpha value is -0.980. The molecule has 0 aliphatic rings. The van der Waals surface area contributed by atoms with Crippen LogP contribution in [0, 0.1) is 5.82 Å². The zero-order valence-electron chi connectivity index (χ0n) is 10.0. The molecule has 0 atom stereocenters. The first-order valence-corrected chi connectivity index (χ1v) is 6.20. The molecule has 0 aliphatic heterocycles. The van der Waals surface area contributed by atoms with Crippen LogP contribution in [0.25, 0.3) is 0 Å². The molecule has 4 nitrogen and oxygen atoms in total. The Bertz CT molecular complexity index is 414. The van der Waals surface area contributed by atoms with Crippen molar-refractivity contribution in [3.8, 4) is 0 Å². The Morgan fingerprint density at radius 1 is 1.56 bits per heavy atom. The number of benzene rings is 1. The monoisotopic (exact) mass is 319 g/mol. The Morgan fingerprint density at radius 2 is 2.28 bits per heavy atom. The number of halogens is 2. The van der Waals surface area contributed by atoms with Crippen molar-refractivity contribution in [2.75, 3.05) is 26.8 Å². The molecule has 1 aromatic rings. The van der Waals surface area contributed by atoms with Crippen molar-refractivity contribution >= 4 is 21.9 Å². The number of ether oxygens (including phenoxy) is 1. The first kappa shape index (κ1) is 15.1. The quantitative estimate of drug-likeness (QED) is 0.808. The molecule has 0 heterocycles. The van der Waals surface area contributed by atoms with Gasteiger partial charge in [0.2, 0.25) is 0 Å². The topological polar surface area (TPSA) is 49.8 Å². The Morgan fingerprint density at radius 3 is 2.89 bits per heavy atom. The van der Waals surface area contributed by atoms with Gasteiger partial charge in [-0.25, -0.2) is 4.39 Å². The Labute approximate surface area is 113 Å². The zero-order valence-corrected chi connectivity index (χ0v) is 11.6. The van der Waals surface area contributed by atoms with Gasteiger partial charge < -0.3 is 9.84 Å². The van der Waals surface area contributed by atoms with Gasteiger partial charge in [-0.3, -0.25) is 9.69 Å². The number of methoxy groups -OCH3 is 1. The maximum Gasteiger partial charge on any atom is 0.319 e. The predicted octanol–water partition coefficient (Wildman–Crippen LogP) is 1.56. The molecule has 18 heavy (non-hydrogen) atoms. The van der Waals surface area contributed by atoms with E-state index in [9.17, 15) is 9.18 Å². The minimum Gasteiger partial charge on any atom is -0.468 e. The van der Waals surface area contributed by atoms with Crippen LogP contribution >= 0.6 is 15.9 Å². The number of nitrogens with zero attached hydrogens (tertiary/aromatic N) is 1. The van der Waals surface area contributed by atoms with Crippen molar-refractivity contribution in [3.63, 3.8) is 0 Å².